The number of aromatic amines is 1. The highest BCUT2D eigenvalue weighted by Crippen LogP contribution is 2.06. The molecule has 0 saturated heterocycles. The van der Waals surface area contributed by atoms with Gasteiger partial charge in [-0.05, 0) is 19.1 Å². The summed E-state index contributed by atoms with van der Waals surface area (Å²) >= 11 is 4.88. The molecule has 0 unspecified atom stereocenters. The Morgan fingerprint density at radius 1 is 1.27 bits per heavy atom. The minimum Gasteiger partial charge on any atom is -0.347 e. The molecule has 3 nitrogen and oxygen atoms in total. The van der Waals surface area contributed by atoms with Crippen molar-refractivity contribution in [2.24, 2.45) is 0 Å². The fourth-order valence-electron chi connectivity index (χ4n) is 1.34. The summed E-state index contributed by atoms with van der Waals surface area (Å²) < 4.78 is 1.75. The molecule has 0 amide bonds. The van der Waals surface area contributed by atoms with Crippen molar-refractivity contribution >= 4 is 12.2 Å². The smallest absolute Gasteiger partial charge is 0.290 e. The summed E-state index contributed by atoms with van der Waals surface area (Å²) in [6.07, 6.45) is 3.33. The zero-order valence-electron chi connectivity index (χ0n) is 8.23. The lowest BCUT2D eigenvalue weighted by Crippen LogP contribution is -2.18. The summed E-state index contributed by atoms with van der Waals surface area (Å²) in [7, 11) is 0. The van der Waals surface area contributed by atoms with E-state index in [1.165, 1.54) is 4.57 Å². The van der Waals surface area contributed by atoms with E-state index in [4.69, 9.17) is 12.2 Å². The van der Waals surface area contributed by atoms with Gasteiger partial charge in [-0.15, -0.1) is 0 Å². The molecule has 0 spiro atoms. The average Bonchev–Trinajstić information content (AvgIpc) is 2.24. The van der Waals surface area contributed by atoms with E-state index in [2.05, 4.69) is 4.98 Å². The molecular weight excluding hydrogens is 208 g/mol. The molecule has 0 bridgehead atoms. The van der Waals surface area contributed by atoms with Gasteiger partial charge in [0.15, 0.2) is 4.64 Å². The molecular formula is C11H10N2OS. The molecule has 4 heteroatoms. The average molecular weight is 218 g/mol. The van der Waals surface area contributed by atoms with E-state index < -0.39 is 0 Å². The van der Waals surface area contributed by atoms with Crippen LogP contribution in [0.15, 0.2) is 41.5 Å². The van der Waals surface area contributed by atoms with Gasteiger partial charge in [0.25, 0.3) is 5.56 Å². The van der Waals surface area contributed by atoms with Gasteiger partial charge < -0.3 is 4.98 Å². The van der Waals surface area contributed by atoms with Crippen LogP contribution in [0, 0.1) is 11.6 Å². The second-order valence-electron chi connectivity index (χ2n) is 3.30. The maximum Gasteiger partial charge on any atom is 0.290 e. The third-order valence-corrected chi connectivity index (χ3v) is 2.46. The van der Waals surface area contributed by atoms with E-state index in [0.29, 0.717) is 0 Å². The van der Waals surface area contributed by atoms with Gasteiger partial charge >= 0.3 is 0 Å². The normalized spacial score (nSPS) is 10.2. The summed E-state index contributed by atoms with van der Waals surface area (Å²) in [5.74, 6) is 0. The van der Waals surface area contributed by atoms with Crippen molar-refractivity contribution in [3.63, 3.8) is 0 Å². The van der Waals surface area contributed by atoms with Crippen molar-refractivity contribution in [3.05, 3.63) is 57.2 Å². The topological polar surface area (TPSA) is 37.8 Å². The van der Waals surface area contributed by atoms with Crippen LogP contribution in [0.3, 0.4) is 0 Å². The Labute approximate surface area is 92.0 Å². The van der Waals surface area contributed by atoms with Gasteiger partial charge in [0.2, 0.25) is 0 Å². The largest absolute Gasteiger partial charge is 0.347 e. The monoisotopic (exact) mass is 218 g/mol. The van der Waals surface area contributed by atoms with Crippen LogP contribution in [-0.4, -0.2) is 9.55 Å². The van der Waals surface area contributed by atoms with Gasteiger partial charge in [-0.1, -0.05) is 29.9 Å². The van der Waals surface area contributed by atoms with Crippen LogP contribution < -0.4 is 5.56 Å². The second-order valence-corrected chi connectivity index (χ2v) is 3.71. The molecule has 0 aliphatic carbocycles. The minimum absolute atomic E-state index is 0.198. The van der Waals surface area contributed by atoms with Gasteiger partial charge in [0.05, 0.1) is 0 Å². The van der Waals surface area contributed by atoms with E-state index in [1.807, 2.05) is 31.2 Å². The van der Waals surface area contributed by atoms with Crippen molar-refractivity contribution in [1.82, 2.24) is 9.55 Å². The lowest BCUT2D eigenvalue weighted by Gasteiger charge is -2.04. The summed E-state index contributed by atoms with van der Waals surface area (Å²) in [6.45, 7) is 2.00. The summed E-state index contributed by atoms with van der Waals surface area (Å²) in [4.78, 5) is 14.4. The molecule has 1 N–H and O–H groups in total. The number of H-pyrrole nitrogens is 1. The van der Waals surface area contributed by atoms with E-state index in [1.54, 1.807) is 12.4 Å². The molecule has 15 heavy (non-hydrogen) atoms. The lowest BCUT2D eigenvalue weighted by atomic mass is 10.2. The molecule has 1 heterocycles. The van der Waals surface area contributed by atoms with Gasteiger partial charge in [0.1, 0.15) is 0 Å². The highest BCUT2D eigenvalue weighted by Gasteiger charge is 1.98. The second kappa shape index (κ2) is 3.82. The highest BCUT2D eigenvalue weighted by molar-refractivity contribution is 7.71. The number of nitrogens with one attached hydrogen (secondary N) is 1. The SMILES string of the molecule is Cc1ccc(-n2cc[nH]c(=S)c2=O)cc1. The van der Waals surface area contributed by atoms with Gasteiger partial charge in [-0.2, -0.15) is 0 Å². The predicted octanol–water partition coefficient (Wildman–Crippen LogP) is 2.20. The molecule has 0 aliphatic heterocycles. The Morgan fingerprint density at radius 2 is 1.93 bits per heavy atom. The molecule has 2 aromatic rings. The molecule has 1 aromatic heterocycles. The van der Waals surface area contributed by atoms with Crippen LogP contribution in [-0.2, 0) is 0 Å². The minimum atomic E-state index is -0.198. The maximum absolute atomic E-state index is 11.7. The summed E-state index contributed by atoms with van der Waals surface area (Å²) in [5.41, 5.74) is 1.79. The van der Waals surface area contributed by atoms with Crippen LogP contribution in [0.5, 0.6) is 0 Å². The molecule has 0 radical (unpaired) electrons. The first-order valence-corrected chi connectivity index (χ1v) is 4.97. The fourth-order valence-corrected chi connectivity index (χ4v) is 1.50. The number of aromatic nitrogens is 2. The maximum atomic E-state index is 11.7. The first-order chi connectivity index (χ1) is 7.18. The van der Waals surface area contributed by atoms with Crippen molar-refractivity contribution in [2.45, 2.75) is 6.92 Å². The first-order valence-electron chi connectivity index (χ1n) is 4.56. The van der Waals surface area contributed by atoms with E-state index in [-0.39, 0.29) is 10.2 Å². The van der Waals surface area contributed by atoms with Crippen LogP contribution in [0.2, 0.25) is 0 Å². The van der Waals surface area contributed by atoms with E-state index in [9.17, 15) is 4.79 Å². The molecule has 0 atom stereocenters. The first kappa shape index (κ1) is 9.86. The number of hydrogen-bond donors (Lipinski definition) is 1. The van der Waals surface area contributed by atoms with Crippen molar-refractivity contribution in [2.75, 3.05) is 0 Å². The molecule has 0 aliphatic rings. The number of benzene rings is 1. The van der Waals surface area contributed by atoms with E-state index in [0.717, 1.165) is 11.3 Å². The predicted molar refractivity (Wildman–Crippen MR) is 62.0 cm³/mol. The zero-order chi connectivity index (χ0) is 10.8. The lowest BCUT2D eigenvalue weighted by molar-refractivity contribution is 0.945. The van der Waals surface area contributed by atoms with Gasteiger partial charge in [-0.3, -0.25) is 9.36 Å². The summed E-state index contributed by atoms with van der Waals surface area (Å²) in [6, 6.07) is 7.71. The van der Waals surface area contributed by atoms with E-state index >= 15 is 0 Å². The third-order valence-electron chi connectivity index (χ3n) is 2.16. The Bertz CT molecular complexity index is 581. The highest BCUT2D eigenvalue weighted by atomic mass is 32.1. The molecule has 0 saturated carbocycles. The zero-order valence-corrected chi connectivity index (χ0v) is 9.04. The van der Waals surface area contributed by atoms with Crippen LogP contribution in [0.4, 0.5) is 0 Å². The Kier molecular flexibility index (Phi) is 2.51. The Morgan fingerprint density at radius 3 is 2.60 bits per heavy atom. The van der Waals surface area contributed by atoms with Gasteiger partial charge in [0, 0.05) is 18.1 Å². The molecule has 0 fully saturated rings. The van der Waals surface area contributed by atoms with Crippen LogP contribution >= 0.6 is 12.2 Å². The number of hydrogen-bond acceptors (Lipinski definition) is 2. The van der Waals surface area contributed by atoms with Crippen molar-refractivity contribution in [1.29, 1.82) is 0 Å². The Hall–Kier alpha value is -1.68. The standard InChI is InChI=1S/C11H10N2OS/c1-8-2-4-9(5-3-8)13-7-6-12-10(15)11(13)14/h2-7H,1H3,(H,12,15). The third kappa shape index (κ3) is 1.89. The van der Waals surface area contributed by atoms with Crippen molar-refractivity contribution < 1.29 is 0 Å². The summed E-state index contributed by atoms with van der Waals surface area (Å²) in [5, 5.41) is 0. The number of aryl methyl sites for hydroxylation is 1. The van der Waals surface area contributed by atoms with Crippen LogP contribution in [0.25, 0.3) is 5.69 Å². The quantitative estimate of drug-likeness (QED) is 0.745. The fraction of sp³-hybridized carbons (Fsp3) is 0.0909. The van der Waals surface area contributed by atoms with Crippen molar-refractivity contribution in [3.8, 4) is 5.69 Å². The molecule has 1 aromatic carbocycles. The molecule has 2 rings (SSSR count). The number of rotatable bonds is 1. The Balaban J connectivity index is 2.65. The number of nitrogens with zero attached hydrogens (tertiary/aromatic N) is 1. The van der Waals surface area contributed by atoms with Gasteiger partial charge in [-0.25, -0.2) is 0 Å². The van der Waals surface area contributed by atoms with Crippen LogP contribution in [0.1, 0.15) is 5.56 Å². The molecule has 76 valence electrons.